The highest BCUT2D eigenvalue weighted by atomic mass is 32.2. The van der Waals surface area contributed by atoms with E-state index in [4.69, 9.17) is 0 Å². The van der Waals surface area contributed by atoms with Crippen LogP contribution in [-0.2, 0) is 26.2 Å². The van der Waals surface area contributed by atoms with Crippen molar-refractivity contribution in [2.75, 3.05) is 23.7 Å². The summed E-state index contributed by atoms with van der Waals surface area (Å²) in [4.78, 5) is 27.3. The number of benzene rings is 2. The van der Waals surface area contributed by atoms with Gasteiger partial charge in [0.25, 0.3) is 0 Å². The van der Waals surface area contributed by atoms with E-state index in [0.29, 0.717) is 6.54 Å². The predicted molar refractivity (Wildman–Crippen MR) is 123 cm³/mol. The number of nitrogens with zero attached hydrogens (tertiary/aromatic N) is 2. The number of rotatable bonds is 10. The molecule has 0 radical (unpaired) electrons. The Morgan fingerprint density at radius 1 is 1.12 bits per heavy atom. The third-order valence-corrected chi connectivity index (χ3v) is 6.07. The summed E-state index contributed by atoms with van der Waals surface area (Å²) in [7, 11) is -3.88. The van der Waals surface area contributed by atoms with E-state index in [1.54, 1.807) is 6.92 Å². The van der Waals surface area contributed by atoms with Gasteiger partial charge in [0.1, 0.15) is 18.4 Å². The first-order valence-electron chi connectivity index (χ1n) is 10.4. The van der Waals surface area contributed by atoms with Crippen LogP contribution in [0.25, 0.3) is 0 Å². The summed E-state index contributed by atoms with van der Waals surface area (Å²) < 4.78 is 39.4. The number of carbonyl (C=O) groups excluding carboxylic acids is 2. The highest BCUT2D eigenvalue weighted by molar-refractivity contribution is 7.92. The Hall–Kier alpha value is -2.94. The zero-order valence-electron chi connectivity index (χ0n) is 18.8. The van der Waals surface area contributed by atoms with Gasteiger partial charge in [-0.05, 0) is 44.0 Å². The summed E-state index contributed by atoms with van der Waals surface area (Å²) in [6.07, 6.45) is 1.69. The lowest BCUT2D eigenvalue weighted by Crippen LogP contribution is -2.51. The van der Waals surface area contributed by atoms with E-state index in [1.165, 1.54) is 23.1 Å². The molecule has 0 saturated heterocycles. The lowest BCUT2D eigenvalue weighted by molar-refractivity contribution is -0.139. The van der Waals surface area contributed by atoms with Gasteiger partial charge in [-0.3, -0.25) is 13.9 Å². The summed E-state index contributed by atoms with van der Waals surface area (Å²) in [6.45, 7) is 5.48. The minimum atomic E-state index is -3.88. The van der Waals surface area contributed by atoms with Crippen LogP contribution in [0, 0.1) is 12.7 Å². The second kappa shape index (κ2) is 11.1. The summed E-state index contributed by atoms with van der Waals surface area (Å²) >= 11 is 0. The Bertz CT molecular complexity index is 1060. The number of anilines is 1. The molecule has 7 nitrogen and oxygen atoms in total. The fourth-order valence-electron chi connectivity index (χ4n) is 3.23. The van der Waals surface area contributed by atoms with E-state index in [1.807, 2.05) is 38.1 Å². The van der Waals surface area contributed by atoms with Crippen LogP contribution in [0.4, 0.5) is 10.1 Å². The van der Waals surface area contributed by atoms with Crippen molar-refractivity contribution in [3.8, 4) is 0 Å². The maximum atomic E-state index is 13.7. The number of amides is 2. The normalized spacial score (nSPS) is 12.2. The molecule has 9 heteroatoms. The van der Waals surface area contributed by atoms with E-state index in [0.717, 1.165) is 34.2 Å². The third-order valence-electron chi connectivity index (χ3n) is 4.93. The smallest absolute Gasteiger partial charge is 0.244 e. The zero-order valence-corrected chi connectivity index (χ0v) is 19.7. The topological polar surface area (TPSA) is 86.8 Å². The molecular formula is C23H30FN3O4S. The van der Waals surface area contributed by atoms with Gasteiger partial charge in [0.2, 0.25) is 21.8 Å². The van der Waals surface area contributed by atoms with E-state index >= 15 is 0 Å². The molecule has 1 N–H and O–H groups in total. The molecule has 0 aliphatic carbocycles. The molecule has 1 atom stereocenters. The average Bonchev–Trinajstić information content (AvgIpc) is 2.72. The molecule has 0 heterocycles. The Labute approximate surface area is 189 Å². The van der Waals surface area contributed by atoms with Gasteiger partial charge in [-0.15, -0.1) is 0 Å². The second-order valence-corrected chi connectivity index (χ2v) is 9.63. The molecule has 2 rings (SSSR count). The Morgan fingerprint density at radius 3 is 2.41 bits per heavy atom. The average molecular weight is 464 g/mol. The van der Waals surface area contributed by atoms with E-state index in [2.05, 4.69) is 5.32 Å². The standard InChI is InChI=1S/C23H30FN3O4S/c1-5-12-25-23(29)18(3)26(15-19-9-6-8-17(2)13-19)22(28)16-27(32(4,30)31)21-11-7-10-20(24)14-21/h6-11,13-14,18H,5,12,15-16H2,1-4H3,(H,25,29)/t18-/m0/s1. The van der Waals surface area contributed by atoms with Crippen molar-refractivity contribution in [3.05, 3.63) is 65.5 Å². The number of aryl methyl sites for hydroxylation is 1. The van der Waals surface area contributed by atoms with Crippen LogP contribution in [0.5, 0.6) is 0 Å². The minimum absolute atomic E-state index is 0.0412. The molecule has 0 aliphatic heterocycles. The van der Waals surface area contributed by atoms with Gasteiger partial charge < -0.3 is 10.2 Å². The number of hydrogen-bond donors (Lipinski definition) is 1. The number of sulfonamides is 1. The van der Waals surface area contributed by atoms with E-state index < -0.39 is 34.3 Å². The first-order valence-corrected chi connectivity index (χ1v) is 12.2. The quantitative estimate of drug-likeness (QED) is 0.587. The molecule has 0 spiro atoms. The molecule has 2 aromatic carbocycles. The molecule has 2 aromatic rings. The van der Waals surface area contributed by atoms with Crippen molar-refractivity contribution >= 4 is 27.5 Å². The Morgan fingerprint density at radius 2 is 1.81 bits per heavy atom. The van der Waals surface area contributed by atoms with Crippen molar-refractivity contribution in [2.45, 2.75) is 39.8 Å². The first-order chi connectivity index (χ1) is 15.0. The lowest BCUT2D eigenvalue weighted by Gasteiger charge is -2.31. The van der Waals surface area contributed by atoms with Gasteiger partial charge in [-0.1, -0.05) is 42.8 Å². The summed E-state index contributed by atoms with van der Waals surface area (Å²) in [6, 6.07) is 11.7. The van der Waals surface area contributed by atoms with Crippen molar-refractivity contribution in [2.24, 2.45) is 0 Å². The minimum Gasteiger partial charge on any atom is -0.354 e. The van der Waals surface area contributed by atoms with Crippen molar-refractivity contribution in [3.63, 3.8) is 0 Å². The SMILES string of the molecule is CCCNC(=O)[C@H](C)N(Cc1cccc(C)c1)C(=O)CN(c1cccc(F)c1)S(C)(=O)=O. The van der Waals surface area contributed by atoms with E-state index in [9.17, 15) is 22.4 Å². The van der Waals surface area contributed by atoms with Crippen LogP contribution in [0.3, 0.4) is 0 Å². The van der Waals surface area contributed by atoms with Crippen molar-refractivity contribution in [1.82, 2.24) is 10.2 Å². The predicted octanol–water partition coefficient (Wildman–Crippen LogP) is 2.84. The molecule has 0 saturated carbocycles. The van der Waals surface area contributed by atoms with Gasteiger partial charge in [0.05, 0.1) is 11.9 Å². The molecule has 0 aromatic heterocycles. The van der Waals surface area contributed by atoms with Gasteiger partial charge in [0, 0.05) is 13.1 Å². The van der Waals surface area contributed by atoms with Crippen LogP contribution in [0.2, 0.25) is 0 Å². The van der Waals surface area contributed by atoms with Crippen molar-refractivity contribution in [1.29, 1.82) is 0 Å². The highest BCUT2D eigenvalue weighted by Crippen LogP contribution is 2.20. The Balaban J connectivity index is 2.37. The molecule has 2 amide bonds. The number of halogens is 1. The van der Waals surface area contributed by atoms with E-state index in [-0.39, 0.29) is 18.1 Å². The van der Waals surface area contributed by atoms with Crippen LogP contribution in [0.1, 0.15) is 31.4 Å². The Kier molecular flexibility index (Phi) is 8.77. The monoisotopic (exact) mass is 463 g/mol. The first kappa shape index (κ1) is 25.3. The summed E-state index contributed by atoms with van der Waals surface area (Å²) in [5, 5.41) is 2.77. The fourth-order valence-corrected chi connectivity index (χ4v) is 4.07. The van der Waals surface area contributed by atoms with Gasteiger partial charge in [0.15, 0.2) is 0 Å². The molecule has 174 valence electrons. The fraction of sp³-hybridized carbons (Fsp3) is 0.391. The summed E-state index contributed by atoms with van der Waals surface area (Å²) in [5.41, 5.74) is 1.85. The molecular weight excluding hydrogens is 433 g/mol. The second-order valence-electron chi connectivity index (χ2n) is 7.73. The highest BCUT2D eigenvalue weighted by Gasteiger charge is 2.30. The molecule has 32 heavy (non-hydrogen) atoms. The number of carbonyl (C=O) groups is 2. The maximum absolute atomic E-state index is 13.7. The van der Waals surface area contributed by atoms with Crippen molar-refractivity contribution < 1.29 is 22.4 Å². The van der Waals surface area contributed by atoms with Crippen LogP contribution in [0.15, 0.2) is 48.5 Å². The maximum Gasteiger partial charge on any atom is 0.244 e. The van der Waals surface area contributed by atoms with Gasteiger partial charge in [-0.25, -0.2) is 12.8 Å². The number of nitrogens with one attached hydrogen (secondary N) is 1. The molecule has 0 bridgehead atoms. The largest absolute Gasteiger partial charge is 0.354 e. The molecule has 0 unspecified atom stereocenters. The molecule has 0 fully saturated rings. The summed E-state index contributed by atoms with van der Waals surface area (Å²) in [5.74, 6) is -1.52. The van der Waals surface area contributed by atoms with Crippen LogP contribution in [-0.4, -0.2) is 50.5 Å². The van der Waals surface area contributed by atoms with Crippen LogP contribution >= 0.6 is 0 Å². The van der Waals surface area contributed by atoms with Crippen LogP contribution < -0.4 is 9.62 Å². The number of hydrogen-bond acceptors (Lipinski definition) is 4. The van der Waals surface area contributed by atoms with Gasteiger partial charge >= 0.3 is 0 Å². The lowest BCUT2D eigenvalue weighted by atomic mass is 10.1. The molecule has 0 aliphatic rings. The zero-order chi connectivity index (χ0) is 23.9. The third kappa shape index (κ3) is 7.05. The van der Waals surface area contributed by atoms with Gasteiger partial charge in [-0.2, -0.15) is 0 Å².